The van der Waals surface area contributed by atoms with Crippen molar-refractivity contribution in [3.05, 3.63) is 40.1 Å². The van der Waals surface area contributed by atoms with Gasteiger partial charge in [-0.1, -0.05) is 15.9 Å². The standard InChI is InChI=1S/C10H7BrN4/c1-7-10(6-12)14-15(13-7)9-4-2-8(11)3-5-9/h2-5H,1H3. The molecule has 0 fully saturated rings. The number of aryl methyl sites for hydroxylation is 1. The van der Waals surface area contributed by atoms with Crippen molar-refractivity contribution < 1.29 is 0 Å². The molecule has 0 N–H and O–H groups in total. The topological polar surface area (TPSA) is 54.5 Å². The lowest BCUT2D eigenvalue weighted by Gasteiger charge is -1.98. The minimum Gasteiger partial charge on any atom is -0.191 e. The summed E-state index contributed by atoms with van der Waals surface area (Å²) >= 11 is 3.35. The summed E-state index contributed by atoms with van der Waals surface area (Å²) in [5.74, 6) is 0. The van der Waals surface area contributed by atoms with E-state index in [4.69, 9.17) is 5.26 Å². The Hall–Kier alpha value is -1.67. The van der Waals surface area contributed by atoms with Crippen LogP contribution in [-0.4, -0.2) is 15.0 Å². The zero-order valence-electron chi connectivity index (χ0n) is 7.98. The normalized spacial score (nSPS) is 9.93. The van der Waals surface area contributed by atoms with Crippen LogP contribution in [0.15, 0.2) is 28.7 Å². The maximum atomic E-state index is 8.75. The lowest BCUT2D eigenvalue weighted by Crippen LogP contribution is -1.98. The van der Waals surface area contributed by atoms with Crippen molar-refractivity contribution in [1.29, 1.82) is 5.26 Å². The average Bonchev–Trinajstić information content (AvgIpc) is 2.61. The second-order valence-electron chi connectivity index (χ2n) is 3.01. The first-order chi connectivity index (χ1) is 7.20. The van der Waals surface area contributed by atoms with Gasteiger partial charge in [-0.15, -0.1) is 5.10 Å². The summed E-state index contributed by atoms with van der Waals surface area (Å²) in [7, 11) is 0. The van der Waals surface area contributed by atoms with E-state index in [1.807, 2.05) is 30.3 Å². The van der Waals surface area contributed by atoms with Crippen LogP contribution in [0, 0.1) is 18.3 Å². The van der Waals surface area contributed by atoms with Gasteiger partial charge in [0.2, 0.25) is 0 Å². The molecule has 0 atom stereocenters. The molecule has 0 saturated carbocycles. The van der Waals surface area contributed by atoms with Crippen molar-refractivity contribution in [2.75, 3.05) is 0 Å². The van der Waals surface area contributed by atoms with Crippen LogP contribution >= 0.6 is 15.9 Å². The van der Waals surface area contributed by atoms with Gasteiger partial charge in [-0.2, -0.15) is 15.2 Å². The molecule has 15 heavy (non-hydrogen) atoms. The van der Waals surface area contributed by atoms with Crippen LogP contribution in [0.2, 0.25) is 0 Å². The SMILES string of the molecule is Cc1nn(-c2ccc(Br)cc2)nc1C#N. The van der Waals surface area contributed by atoms with Crippen molar-refractivity contribution in [2.24, 2.45) is 0 Å². The van der Waals surface area contributed by atoms with Gasteiger partial charge in [-0.3, -0.25) is 0 Å². The number of benzene rings is 1. The molecule has 0 bridgehead atoms. The Labute approximate surface area is 95.3 Å². The number of nitriles is 1. The molecular formula is C10H7BrN4. The Morgan fingerprint density at radius 1 is 1.27 bits per heavy atom. The summed E-state index contributed by atoms with van der Waals surface area (Å²) in [6.45, 7) is 1.76. The first kappa shape index (κ1) is 9.87. The van der Waals surface area contributed by atoms with E-state index in [1.165, 1.54) is 4.80 Å². The number of nitrogens with zero attached hydrogens (tertiary/aromatic N) is 4. The number of rotatable bonds is 1. The summed E-state index contributed by atoms with van der Waals surface area (Å²) in [5.41, 5.74) is 1.83. The molecule has 0 unspecified atom stereocenters. The second kappa shape index (κ2) is 3.83. The molecule has 1 aromatic carbocycles. The highest BCUT2D eigenvalue weighted by molar-refractivity contribution is 9.10. The van der Waals surface area contributed by atoms with E-state index < -0.39 is 0 Å². The molecule has 0 aliphatic heterocycles. The van der Waals surface area contributed by atoms with E-state index in [0.29, 0.717) is 11.4 Å². The van der Waals surface area contributed by atoms with Gasteiger partial charge in [-0.05, 0) is 31.2 Å². The monoisotopic (exact) mass is 262 g/mol. The van der Waals surface area contributed by atoms with Crippen LogP contribution in [0.4, 0.5) is 0 Å². The second-order valence-corrected chi connectivity index (χ2v) is 3.93. The summed E-state index contributed by atoms with van der Waals surface area (Å²) in [4.78, 5) is 1.46. The Bertz CT molecular complexity index is 521. The molecule has 0 radical (unpaired) electrons. The smallest absolute Gasteiger partial charge is 0.186 e. The first-order valence-electron chi connectivity index (χ1n) is 4.30. The van der Waals surface area contributed by atoms with Crippen molar-refractivity contribution in [3.63, 3.8) is 0 Å². The molecule has 2 aromatic rings. The van der Waals surface area contributed by atoms with Crippen molar-refractivity contribution in [1.82, 2.24) is 15.0 Å². The summed E-state index contributed by atoms with van der Waals surface area (Å²) in [6.07, 6.45) is 0. The van der Waals surface area contributed by atoms with Crippen LogP contribution in [-0.2, 0) is 0 Å². The summed E-state index contributed by atoms with van der Waals surface area (Å²) in [6, 6.07) is 9.56. The van der Waals surface area contributed by atoms with E-state index in [-0.39, 0.29) is 0 Å². The molecular weight excluding hydrogens is 256 g/mol. The molecule has 0 saturated heterocycles. The third-order valence-corrected chi connectivity index (χ3v) is 2.47. The zero-order chi connectivity index (χ0) is 10.8. The first-order valence-corrected chi connectivity index (χ1v) is 5.10. The van der Waals surface area contributed by atoms with Crippen LogP contribution in [0.5, 0.6) is 0 Å². The molecule has 0 aliphatic carbocycles. The molecule has 2 rings (SSSR count). The lowest BCUT2D eigenvalue weighted by atomic mass is 10.3. The number of halogens is 1. The maximum Gasteiger partial charge on any atom is 0.186 e. The molecule has 74 valence electrons. The summed E-state index contributed by atoms with van der Waals surface area (Å²) in [5, 5.41) is 17.0. The van der Waals surface area contributed by atoms with E-state index in [1.54, 1.807) is 6.92 Å². The maximum absolute atomic E-state index is 8.75. The third kappa shape index (κ3) is 1.90. The van der Waals surface area contributed by atoms with Gasteiger partial charge in [0, 0.05) is 4.47 Å². The quantitative estimate of drug-likeness (QED) is 0.792. The number of hydrogen-bond donors (Lipinski definition) is 0. The largest absolute Gasteiger partial charge is 0.191 e. The Morgan fingerprint density at radius 2 is 1.93 bits per heavy atom. The highest BCUT2D eigenvalue weighted by atomic mass is 79.9. The van der Waals surface area contributed by atoms with E-state index >= 15 is 0 Å². The van der Waals surface area contributed by atoms with E-state index in [0.717, 1.165) is 10.2 Å². The third-order valence-electron chi connectivity index (χ3n) is 1.95. The highest BCUT2D eigenvalue weighted by Gasteiger charge is 2.06. The average molecular weight is 263 g/mol. The zero-order valence-corrected chi connectivity index (χ0v) is 9.56. The van der Waals surface area contributed by atoms with Crippen LogP contribution in [0.1, 0.15) is 11.4 Å². The van der Waals surface area contributed by atoms with Gasteiger partial charge in [0.05, 0.1) is 11.4 Å². The molecule has 1 aromatic heterocycles. The Morgan fingerprint density at radius 3 is 2.47 bits per heavy atom. The van der Waals surface area contributed by atoms with Crippen molar-refractivity contribution >= 4 is 15.9 Å². The summed E-state index contributed by atoms with van der Waals surface area (Å²) < 4.78 is 0.996. The van der Waals surface area contributed by atoms with Crippen molar-refractivity contribution in [3.8, 4) is 11.8 Å². The molecule has 0 aliphatic rings. The van der Waals surface area contributed by atoms with Crippen LogP contribution in [0.3, 0.4) is 0 Å². The van der Waals surface area contributed by atoms with Gasteiger partial charge in [-0.25, -0.2) is 0 Å². The molecule has 0 amide bonds. The van der Waals surface area contributed by atoms with Crippen LogP contribution < -0.4 is 0 Å². The molecule has 4 nitrogen and oxygen atoms in total. The molecule has 0 spiro atoms. The van der Waals surface area contributed by atoms with Gasteiger partial charge < -0.3 is 0 Å². The van der Waals surface area contributed by atoms with Gasteiger partial charge in [0.15, 0.2) is 5.69 Å². The minimum absolute atomic E-state index is 0.359. The van der Waals surface area contributed by atoms with E-state index in [9.17, 15) is 0 Å². The lowest BCUT2D eigenvalue weighted by molar-refractivity contribution is 0.744. The fraction of sp³-hybridized carbons (Fsp3) is 0.100. The van der Waals surface area contributed by atoms with Gasteiger partial charge >= 0.3 is 0 Å². The fourth-order valence-corrected chi connectivity index (χ4v) is 1.44. The van der Waals surface area contributed by atoms with E-state index in [2.05, 4.69) is 26.1 Å². The predicted molar refractivity (Wildman–Crippen MR) is 58.5 cm³/mol. The van der Waals surface area contributed by atoms with Gasteiger partial charge in [0.25, 0.3) is 0 Å². The number of aromatic nitrogens is 3. The molecule has 1 heterocycles. The highest BCUT2D eigenvalue weighted by Crippen LogP contribution is 2.13. The Balaban J connectivity index is 2.46. The van der Waals surface area contributed by atoms with Crippen molar-refractivity contribution in [2.45, 2.75) is 6.92 Å². The van der Waals surface area contributed by atoms with Gasteiger partial charge in [0.1, 0.15) is 6.07 Å². The minimum atomic E-state index is 0.359. The Kier molecular flexibility index (Phi) is 2.52. The predicted octanol–water partition coefficient (Wildman–Crippen LogP) is 2.21. The molecule has 5 heteroatoms. The fourth-order valence-electron chi connectivity index (χ4n) is 1.17. The van der Waals surface area contributed by atoms with Crippen LogP contribution in [0.25, 0.3) is 5.69 Å². The number of hydrogen-bond acceptors (Lipinski definition) is 3.